The van der Waals surface area contributed by atoms with Gasteiger partial charge in [-0.1, -0.05) is 24.1 Å². The lowest BCUT2D eigenvalue weighted by molar-refractivity contribution is -0.125. The number of amides is 1. The smallest absolute Gasteiger partial charge is 0.246 e. The van der Waals surface area contributed by atoms with Crippen molar-refractivity contribution in [2.75, 3.05) is 18.4 Å². The summed E-state index contributed by atoms with van der Waals surface area (Å²) >= 11 is 5.90. The summed E-state index contributed by atoms with van der Waals surface area (Å²) in [6, 6.07) is 9.45. The number of carbonyl (C=O) groups excluding carboxylic acids is 1. The molecule has 2 aromatic heterocycles. The normalized spacial score (nSPS) is 15.9. The summed E-state index contributed by atoms with van der Waals surface area (Å²) in [5.74, 6) is 6.91. The Morgan fingerprint density at radius 3 is 2.93 bits per heavy atom. The van der Waals surface area contributed by atoms with E-state index in [9.17, 15) is 4.79 Å². The molecule has 1 aromatic carbocycles. The zero-order valence-corrected chi connectivity index (χ0v) is 15.8. The average molecular weight is 392 g/mol. The second kappa shape index (κ2) is 7.75. The number of hydrogen-bond acceptors (Lipinski definition) is 4. The number of nitrogens with one attached hydrogen (secondary N) is 2. The topological polar surface area (TPSA) is 73.9 Å². The predicted molar refractivity (Wildman–Crippen MR) is 110 cm³/mol. The Balaban J connectivity index is 1.54. The Hall–Kier alpha value is -3.30. The summed E-state index contributed by atoms with van der Waals surface area (Å²) in [4.78, 5) is 25.4. The van der Waals surface area contributed by atoms with Crippen molar-refractivity contribution in [2.45, 2.75) is 12.5 Å². The lowest BCUT2D eigenvalue weighted by Gasteiger charge is -2.15. The zero-order valence-electron chi connectivity index (χ0n) is 15.1. The third kappa shape index (κ3) is 3.85. The van der Waals surface area contributed by atoms with Crippen LogP contribution in [0.15, 0.2) is 49.3 Å². The molecule has 1 aliphatic heterocycles. The van der Waals surface area contributed by atoms with Crippen molar-refractivity contribution in [3.63, 3.8) is 0 Å². The van der Waals surface area contributed by atoms with Crippen LogP contribution in [0.3, 0.4) is 0 Å². The molecule has 0 saturated carbocycles. The van der Waals surface area contributed by atoms with Crippen LogP contribution in [0.2, 0.25) is 5.02 Å². The number of anilines is 1. The molecule has 2 N–H and O–H groups in total. The molecule has 0 aliphatic carbocycles. The summed E-state index contributed by atoms with van der Waals surface area (Å²) < 4.78 is 0. The second-order valence-electron chi connectivity index (χ2n) is 6.54. The minimum absolute atomic E-state index is 0.0430. The number of H-pyrrole nitrogens is 1. The molecule has 28 heavy (non-hydrogen) atoms. The Kier molecular flexibility index (Phi) is 5.00. The standard InChI is InChI=1S/C21H18ClN5O/c1-2-19(28)27-10-9-17(12-27)26-21-18-11-16(25-20(18)23-13-24-21)8-5-14-3-6-15(22)7-4-14/h2-4,6-7,11,13,17H,1,9-10,12H2,(H2,23,24,25,26)/t17-/m1/s1. The Bertz CT molecular complexity index is 1090. The first-order valence-corrected chi connectivity index (χ1v) is 9.29. The van der Waals surface area contributed by atoms with Gasteiger partial charge in [-0.2, -0.15) is 0 Å². The fraction of sp³-hybridized carbons (Fsp3) is 0.190. The number of fused-ring (bicyclic) bond motifs is 1. The number of hydrogen-bond donors (Lipinski definition) is 2. The van der Waals surface area contributed by atoms with Crippen LogP contribution < -0.4 is 5.32 Å². The summed E-state index contributed by atoms with van der Waals surface area (Å²) in [6.45, 7) is 4.88. The van der Waals surface area contributed by atoms with Gasteiger partial charge in [-0.25, -0.2) is 9.97 Å². The van der Waals surface area contributed by atoms with E-state index in [-0.39, 0.29) is 11.9 Å². The van der Waals surface area contributed by atoms with Gasteiger partial charge in [-0.15, -0.1) is 0 Å². The molecule has 1 aliphatic rings. The highest BCUT2D eigenvalue weighted by atomic mass is 35.5. The van der Waals surface area contributed by atoms with Crippen molar-refractivity contribution in [1.82, 2.24) is 19.9 Å². The fourth-order valence-corrected chi connectivity index (χ4v) is 3.32. The van der Waals surface area contributed by atoms with Gasteiger partial charge in [0, 0.05) is 29.7 Å². The molecule has 0 radical (unpaired) electrons. The molecule has 3 aromatic rings. The molecule has 0 spiro atoms. The number of nitrogens with zero attached hydrogens (tertiary/aromatic N) is 3. The van der Waals surface area contributed by atoms with E-state index in [1.165, 1.54) is 12.4 Å². The van der Waals surface area contributed by atoms with Crippen molar-refractivity contribution in [2.24, 2.45) is 0 Å². The van der Waals surface area contributed by atoms with Gasteiger partial charge in [0.2, 0.25) is 5.91 Å². The van der Waals surface area contributed by atoms with Gasteiger partial charge in [0.15, 0.2) is 0 Å². The van der Waals surface area contributed by atoms with E-state index in [1.54, 1.807) is 4.90 Å². The number of aromatic amines is 1. The van der Waals surface area contributed by atoms with Crippen LogP contribution in [0.5, 0.6) is 0 Å². The van der Waals surface area contributed by atoms with E-state index < -0.39 is 0 Å². The third-order valence-corrected chi connectivity index (χ3v) is 4.88. The molecule has 7 heteroatoms. The number of rotatable bonds is 3. The van der Waals surface area contributed by atoms with E-state index >= 15 is 0 Å². The molecule has 1 atom stereocenters. The van der Waals surface area contributed by atoms with Gasteiger partial charge in [-0.3, -0.25) is 4.79 Å². The van der Waals surface area contributed by atoms with E-state index in [4.69, 9.17) is 11.6 Å². The van der Waals surface area contributed by atoms with Gasteiger partial charge in [0.25, 0.3) is 0 Å². The average Bonchev–Trinajstić information content (AvgIpc) is 3.34. The monoisotopic (exact) mass is 391 g/mol. The van der Waals surface area contributed by atoms with E-state index in [0.717, 1.165) is 34.5 Å². The molecule has 140 valence electrons. The molecule has 6 nitrogen and oxygen atoms in total. The number of carbonyl (C=O) groups is 1. The maximum Gasteiger partial charge on any atom is 0.246 e. The van der Waals surface area contributed by atoms with Crippen LogP contribution >= 0.6 is 11.6 Å². The highest BCUT2D eigenvalue weighted by Crippen LogP contribution is 2.23. The molecule has 3 heterocycles. The van der Waals surface area contributed by atoms with E-state index in [1.807, 2.05) is 30.3 Å². The first kappa shape index (κ1) is 18.1. The van der Waals surface area contributed by atoms with Crippen LogP contribution in [0.25, 0.3) is 11.0 Å². The summed E-state index contributed by atoms with van der Waals surface area (Å²) in [6.07, 6.45) is 3.72. The Morgan fingerprint density at radius 2 is 2.14 bits per heavy atom. The van der Waals surface area contributed by atoms with Crippen LogP contribution in [-0.2, 0) is 4.79 Å². The zero-order chi connectivity index (χ0) is 19.5. The first-order chi connectivity index (χ1) is 13.6. The second-order valence-corrected chi connectivity index (χ2v) is 6.98. The summed E-state index contributed by atoms with van der Waals surface area (Å²) in [5.41, 5.74) is 2.35. The van der Waals surface area contributed by atoms with Crippen LogP contribution in [0, 0.1) is 11.8 Å². The fourth-order valence-electron chi connectivity index (χ4n) is 3.20. The first-order valence-electron chi connectivity index (χ1n) is 8.91. The van der Waals surface area contributed by atoms with Gasteiger partial charge in [-0.05, 0) is 48.7 Å². The van der Waals surface area contributed by atoms with Crippen molar-refractivity contribution >= 4 is 34.4 Å². The van der Waals surface area contributed by atoms with Gasteiger partial charge in [0.1, 0.15) is 17.8 Å². The van der Waals surface area contributed by atoms with Crippen molar-refractivity contribution in [3.05, 3.63) is 65.6 Å². The van der Waals surface area contributed by atoms with Crippen LogP contribution in [0.4, 0.5) is 5.82 Å². The van der Waals surface area contributed by atoms with Crippen LogP contribution in [0.1, 0.15) is 17.7 Å². The lowest BCUT2D eigenvalue weighted by atomic mass is 10.2. The number of benzene rings is 1. The highest BCUT2D eigenvalue weighted by Gasteiger charge is 2.25. The van der Waals surface area contributed by atoms with E-state index in [2.05, 4.69) is 38.7 Å². The number of aromatic nitrogens is 3. The molecule has 0 bridgehead atoms. The van der Waals surface area contributed by atoms with Crippen molar-refractivity contribution in [3.8, 4) is 11.8 Å². The minimum atomic E-state index is -0.0430. The number of likely N-dealkylation sites (tertiary alicyclic amines) is 1. The Morgan fingerprint density at radius 1 is 1.32 bits per heavy atom. The molecular weight excluding hydrogens is 374 g/mol. The minimum Gasteiger partial charge on any atom is -0.365 e. The van der Waals surface area contributed by atoms with E-state index in [0.29, 0.717) is 18.1 Å². The molecule has 0 unspecified atom stereocenters. The number of halogens is 1. The highest BCUT2D eigenvalue weighted by molar-refractivity contribution is 6.30. The molecule has 4 rings (SSSR count). The van der Waals surface area contributed by atoms with Crippen molar-refractivity contribution < 1.29 is 4.79 Å². The van der Waals surface area contributed by atoms with Gasteiger partial charge >= 0.3 is 0 Å². The summed E-state index contributed by atoms with van der Waals surface area (Å²) in [7, 11) is 0. The van der Waals surface area contributed by atoms with Gasteiger partial charge < -0.3 is 15.2 Å². The Labute approximate surface area is 167 Å². The largest absolute Gasteiger partial charge is 0.365 e. The van der Waals surface area contributed by atoms with Crippen LogP contribution in [-0.4, -0.2) is 44.9 Å². The predicted octanol–water partition coefficient (Wildman–Crippen LogP) is 3.21. The lowest BCUT2D eigenvalue weighted by Crippen LogP contribution is -2.30. The quantitative estimate of drug-likeness (QED) is 0.531. The maximum atomic E-state index is 11.8. The maximum absolute atomic E-state index is 11.8. The van der Waals surface area contributed by atoms with Crippen molar-refractivity contribution in [1.29, 1.82) is 0 Å². The molecule has 1 amide bonds. The van der Waals surface area contributed by atoms with Gasteiger partial charge in [0.05, 0.1) is 11.1 Å². The summed E-state index contributed by atoms with van der Waals surface area (Å²) in [5, 5.41) is 4.98. The SMILES string of the molecule is C=CC(=O)N1CC[C@@H](Nc2ncnc3[nH]c(C#Cc4ccc(Cl)cc4)cc23)C1. The molecule has 1 saturated heterocycles. The molecular formula is C21H18ClN5O. The molecule has 1 fully saturated rings. The third-order valence-electron chi connectivity index (χ3n) is 4.63.